The second kappa shape index (κ2) is 5.22. The summed E-state index contributed by atoms with van der Waals surface area (Å²) < 4.78 is 10.0. The van der Waals surface area contributed by atoms with Gasteiger partial charge in [-0.25, -0.2) is 0 Å². The topological polar surface area (TPSA) is 52.6 Å². The average molecular weight is 200 g/mol. The van der Waals surface area contributed by atoms with Gasteiger partial charge in [0.15, 0.2) is 11.6 Å². The van der Waals surface area contributed by atoms with Crippen LogP contribution in [0.3, 0.4) is 0 Å². The van der Waals surface area contributed by atoms with Gasteiger partial charge < -0.3 is 9.47 Å². The SMILES string of the molecule is COC(C)C(=O)CC(=O)C1CCCO1. The quantitative estimate of drug-likeness (QED) is 0.614. The first-order valence-electron chi connectivity index (χ1n) is 4.85. The van der Waals surface area contributed by atoms with E-state index in [0.29, 0.717) is 6.61 Å². The van der Waals surface area contributed by atoms with Crippen molar-refractivity contribution in [3.05, 3.63) is 0 Å². The molecule has 1 heterocycles. The monoisotopic (exact) mass is 200 g/mol. The molecule has 1 rings (SSSR count). The minimum absolute atomic E-state index is 0.0698. The maximum Gasteiger partial charge on any atom is 0.168 e. The molecule has 0 aromatic carbocycles. The first kappa shape index (κ1) is 11.3. The van der Waals surface area contributed by atoms with Crippen LogP contribution in [0.25, 0.3) is 0 Å². The molecule has 0 amide bonds. The van der Waals surface area contributed by atoms with E-state index in [1.54, 1.807) is 6.92 Å². The summed E-state index contributed by atoms with van der Waals surface area (Å²) in [5.74, 6) is -0.288. The zero-order valence-corrected chi connectivity index (χ0v) is 8.62. The van der Waals surface area contributed by atoms with Gasteiger partial charge in [0.05, 0.1) is 6.42 Å². The molecule has 0 saturated carbocycles. The molecule has 0 aromatic heterocycles. The summed E-state index contributed by atoms with van der Waals surface area (Å²) in [6, 6.07) is 0. The number of carbonyl (C=O) groups excluding carboxylic acids is 2. The van der Waals surface area contributed by atoms with Crippen molar-refractivity contribution in [2.24, 2.45) is 0 Å². The van der Waals surface area contributed by atoms with Crippen LogP contribution in [0.2, 0.25) is 0 Å². The standard InChI is InChI=1S/C10H16O4/c1-7(13-2)8(11)6-9(12)10-4-3-5-14-10/h7,10H,3-6H2,1-2H3. The molecule has 0 radical (unpaired) electrons. The Balaban J connectivity index is 2.35. The van der Waals surface area contributed by atoms with Crippen molar-refractivity contribution in [2.45, 2.75) is 38.4 Å². The van der Waals surface area contributed by atoms with Crippen LogP contribution >= 0.6 is 0 Å². The fraction of sp³-hybridized carbons (Fsp3) is 0.800. The van der Waals surface area contributed by atoms with Gasteiger partial charge in [0.2, 0.25) is 0 Å². The Morgan fingerprint density at radius 1 is 1.57 bits per heavy atom. The minimum Gasteiger partial charge on any atom is -0.374 e. The van der Waals surface area contributed by atoms with Gasteiger partial charge in [-0.15, -0.1) is 0 Å². The number of ether oxygens (including phenoxy) is 2. The number of carbonyl (C=O) groups is 2. The van der Waals surface area contributed by atoms with Crippen LogP contribution in [0.5, 0.6) is 0 Å². The number of Topliss-reactive ketones (excluding diaryl/α,β-unsaturated/α-hetero) is 2. The molecule has 0 bridgehead atoms. The lowest BCUT2D eigenvalue weighted by atomic mass is 10.0. The third-order valence-corrected chi connectivity index (χ3v) is 2.44. The molecule has 14 heavy (non-hydrogen) atoms. The predicted octanol–water partition coefficient (Wildman–Crippen LogP) is 0.729. The third-order valence-electron chi connectivity index (χ3n) is 2.44. The maximum atomic E-state index is 11.5. The highest BCUT2D eigenvalue weighted by atomic mass is 16.5. The van der Waals surface area contributed by atoms with Crippen molar-refractivity contribution >= 4 is 11.6 Å². The van der Waals surface area contributed by atoms with Crippen molar-refractivity contribution in [3.63, 3.8) is 0 Å². The summed E-state index contributed by atoms with van der Waals surface area (Å²) in [5.41, 5.74) is 0. The highest BCUT2D eigenvalue weighted by molar-refractivity contribution is 6.02. The fourth-order valence-corrected chi connectivity index (χ4v) is 1.39. The van der Waals surface area contributed by atoms with E-state index in [-0.39, 0.29) is 24.1 Å². The molecular weight excluding hydrogens is 184 g/mol. The van der Waals surface area contributed by atoms with E-state index in [1.165, 1.54) is 7.11 Å². The first-order valence-corrected chi connectivity index (χ1v) is 4.85. The largest absolute Gasteiger partial charge is 0.374 e. The summed E-state index contributed by atoms with van der Waals surface area (Å²) in [4.78, 5) is 22.8. The second-order valence-electron chi connectivity index (χ2n) is 3.49. The molecule has 1 aliphatic rings. The minimum atomic E-state index is -0.500. The molecule has 1 fully saturated rings. The van der Waals surface area contributed by atoms with Crippen LogP contribution in [0.1, 0.15) is 26.2 Å². The van der Waals surface area contributed by atoms with E-state index in [4.69, 9.17) is 9.47 Å². The Morgan fingerprint density at radius 2 is 2.29 bits per heavy atom. The summed E-state index contributed by atoms with van der Waals surface area (Å²) in [6.45, 7) is 2.27. The zero-order chi connectivity index (χ0) is 10.6. The highest BCUT2D eigenvalue weighted by Gasteiger charge is 2.26. The van der Waals surface area contributed by atoms with Crippen LogP contribution in [-0.2, 0) is 19.1 Å². The molecule has 2 unspecified atom stereocenters. The van der Waals surface area contributed by atoms with E-state index in [2.05, 4.69) is 0 Å². The van der Waals surface area contributed by atoms with Gasteiger partial charge >= 0.3 is 0 Å². The number of ketones is 2. The second-order valence-corrected chi connectivity index (χ2v) is 3.49. The zero-order valence-electron chi connectivity index (χ0n) is 8.62. The van der Waals surface area contributed by atoms with Crippen LogP contribution < -0.4 is 0 Å². The van der Waals surface area contributed by atoms with Gasteiger partial charge in [-0.2, -0.15) is 0 Å². The van der Waals surface area contributed by atoms with E-state index in [1.807, 2.05) is 0 Å². The highest BCUT2D eigenvalue weighted by Crippen LogP contribution is 2.14. The normalized spacial score (nSPS) is 23.4. The lowest BCUT2D eigenvalue weighted by Gasteiger charge is -2.10. The number of hydrogen-bond donors (Lipinski definition) is 0. The van der Waals surface area contributed by atoms with E-state index < -0.39 is 6.10 Å². The lowest BCUT2D eigenvalue weighted by Crippen LogP contribution is -2.27. The predicted molar refractivity (Wildman–Crippen MR) is 50.1 cm³/mol. The van der Waals surface area contributed by atoms with Crippen molar-refractivity contribution in [1.82, 2.24) is 0 Å². The molecule has 0 aliphatic carbocycles. The summed E-state index contributed by atoms with van der Waals surface area (Å²) in [7, 11) is 1.46. The number of hydrogen-bond acceptors (Lipinski definition) is 4. The fourth-order valence-electron chi connectivity index (χ4n) is 1.39. The summed E-state index contributed by atoms with van der Waals surface area (Å²) in [6.07, 6.45) is 0.723. The van der Waals surface area contributed by atoms with Gasteiger partial charge in [-0.1, -0.05) is 0 Å². The Bertz CT molecular complexity index is 218. The molecular formula is C10H16O4. The Morgan fingerprint density at radius 3 is 2.79 bits per heavy atom. The van der Waals surface area contributed by atoms with Gasteiger partial charge in [0.1, 0.15) is 12.2 Å². The Labute approximate surface area is 83.6 Å². The molecule has 0 N–H and O–H groups in total. The van der Waals surface area contributed by atoms with Crippen molar-refractivity contribution in [2.75, 3.05) is 13.7 Å². The lowest BCUT2D eigenvalue weighted by molar-refractivity contribution is -0.136. The first-order chi connectivity index (χ1) is 6.65. The van der Waals surface area contributed by atoms with E-state index in [0.717, 1.165) is 12.8 Å². The van der Waals surface area contributed by atoms with Crippen molar-refractivity contribution in [3.8, 4) is 0 Å². The van der Waals surface area contributed by atoms with Crippen LogP contribution in [0, 0.1) is 0 Å². The molecule has 0 aromatic rings. The van der Waals surface area contributed by atoms with Crippen molar-refractivity contribution in [1.29, 1.82) is 0 Å². The van der Waals surface area contributed by atoms with Crippen LogP contribution in [-0.4, -0.2) is 37.5 Å². The maximum absolute atomic E-state index is 11.5. The van der Waals surface area contributed by atoms with E-state index in [9.17, 15) is 9.59 Å². The number of methoxy groups -OCH3 is 1. The Kier molecular flexibility index (Phi) is 4.22. The molecule has 2 atom stereocenters. The molecule has 0 spiro atoms. The van der Waals surface area contributed by atoms with Crippen LogP contribution in [0.4, 0.5) is 0 Å². The molecule has 4 heteroatoms. The van der Waals surface area contributed by atoms with Gasteiger partial charge in [-0.05, 0) is 19.8 Å². The van der Waals surface area contributed by atoms with Crippen LogP contribution in [0.15, 0.2) is 0 Å². The van der Waals surface area contributed by atoms with Gasteiger partial charge in [0.25, 0.3) is 0 Å². The van der Waals surface area contributed by atoms with Crippen molar-refractivity contribution < 1.29 is 19.1 Å². The molecule has 1 saturated heterocycles. The smallest absolute Gasteiger partial charge is 0.168 e. The van der Waals surface area contributed by atoms with E-state index >= 15 is 0 Å². The summed E-state index contributed by atoms with van der Waals surface area (Å²) in [5, 5.41) is 0. The number of rotatable bonds is 5. The molecule has 4 nitrogen and oxygen atoms in total. The third kappa shape index (κ3) is 2.89. The summed E-state index contributed by atoms with van der Waals surface area (Å²) >= 11 is 0. The van der Waals surface area contributed by atoms with Gasteiger partial charge in [0, 0.05) is 13.7 Å². The molecule has 80 valence electrons. The molecule has 1 aliphatic heterocycles. The van der Waals surface area contributed by atoms with Gasteiger partial charge in [-0.3, -0.25) is 9.59 Å². The average Bonchev–Trinajstić information content (AvgIpc) is 2.69. The Hall–Kier alpha value is -0.740.